The van der Waals surface area contributed by atoms with E-state index in [0.717, 1.165) is 40.5 Å². The lowest BCUT2D eigenvalue weighted by molar-refractivity contribution is 0.0845. The summed E-state index contributed by atoms with van der Waals surface area (Å²) in [7, 11) is -1.11. The van der Waals surface area contributed by atoms with E-state index in [4.69, 9.17) is 9.47 Å². The number of hydrogen-bond acceptors (Lipinski definition) is 4. The monoisotopic (exact) mass is 426 g/mol. The van der Waals surface area contributed by atoms with Crippen molar-refractivity contribution in [2.45, 2.75) is 51.9 Å². The Kier molecular flexibility index (Phi) is 5.87. The van der Waals surface area contributed by atoms with Gasteiger partial charge in [0.25, 0.3) is 0 Å². The smallest absolute Gasteiger partial charge is 0.137 e. The fraction of sp³-hybridized carbons (Fsp3) is 0.611. The van der Waals surface area contributed by atoms with E-state index in [9.17, 15) is 5.11 Å². The summed E-state index contributed by atoms with van der Waals surface area (Å²) in [6, 6.07) is 5.07. The molecule has 0 atom stereocenters. The van der Waals surface area contributed by atoms with Crippen LogP contribution in [-0.2, 0) is 18.1 Å². The molecule has 1 aliphatic rings. The molecule has 0 saturated heterocycles. The summed E-state index contributed by atoms with van der Waals surface area (Å²) in [5, 5.41) is 9.65. The maximum atomic E-state index is 9.65. The van der Waals surface area contributed by atoms with Gasteiger partial charge in [-0.25, -0.2) is 4.98 Å². The van der Waals surface area contributed by atoms with Gasteiger partial charge >= 0.3 is 0 Å². The summed E-state index contributed by atoms with van der Waals surface area (Å²) in [6.45, 7) is 8.80. The van der Waals surface area contributed by atoms with Crippen molar-refractivity contribution in [2.75, 3.05) is 13.2 Å². The van der Waals surface area contributed by atoms with Crippen LogP contribution in [0.5, 0.6) is 5.75 Å². The minimum Gasteiger partial charge on any atom is -0.492 e. The van der Waals surface area contributed by atoms with Gasteiger partial charge in [0.05, 0.1) is 22.1 Å². The van der Waals surface area contributed by atoms with Crippen LogP contribution in [0.4, 0.5) is 0 Å². The number of halogens is 1. The van der Waals surface area contributed by atoms with Crippen LogP contribution in [0.15, 0.2) is 16.6 Å². The summed E-state index contributed by atoms with van der Waals surface area (Å²) in [5.74, 6) is 2.15. The van der Waals surface area contributed by atoms with Crippen molar-refractivity contribution >= 4 is 35.0 Å². The van der Waals surface area contributed by atoms with Crippen molar-refractivity contribution < 1.29 is 14.6 Å². The van der Waals surface area contributed by atoms with Gasteiger partial charge in [-0.3, -0.25) is 0 Å². The second kappa shape index (κ2) is 7.78. The van der Waals surface area contributed by atoms with Gasteiger partial charge in [-0.1, -0.05) is 19.6 Å². The zero-order chi connectivity index (χ0) is 18.0. The van der Waals surface area contributed by atoms with Crippen LogP contribution in [0.3, 0.4) is 0 Å². The first kappa shape index (κ1) is 18.9. The number of benzene rings is 1. The Morgan fingerprint density at radius 2 is 2.08 bits per heavy atom. The van der Waals surface area contributed by atoms with Crippen LogP contribution < -0.4 is 4.74 Å². The van der Waals surface area contributed by atoms with E-state index < -0.39 is 8.07 Å². The lowest BCUT2D eigenvalue weighted by atomic mass is 10.3. The average Bonchev–Trinajstić information content (AvgIpc) is 3.30. The number of rotatable bonds is 9. The van der Waals surface area contributed by atoms with Crippen molar-refractivity contribution in [1.82, 2.24) is 9.55 Å². The number of aliphatic hydroxyl groups is 1. The number of aromatic nitrogens is 2. The summed E-state index contributed by atoms with van der Waals surface area (Å²) in [6.07, 6.45) is 2.52. The molecular formula is C18H27BrN2O3Si. The Hall–Kier alpha value is -0.893. The highest BCUT2D eigenvalue weighted by molar-refractivity contribution is 9.10. The van der Waals surface area contributed by atoms with Gasteiger partial charge in [0.1, 0.15) is 24.9 Å². The molecule has 1 fully saturated rings. The van der Waals surface area contributed by atoms with Gasteiger partial charge in [0, 0.05) is 20.7 Å². The Bertz CT molecular complexity index is 738. The normalized spacial score (nSPS) is 15.1. The summed E-state index contributed by atoms with van der Waals surface area (Å²) >= 11 is 3.57. The second-order valence-corrected chi connectivity index (χ2v) is 14.5. The molecule has 0 aliphatic heterocycles. The minimum atomic E-state index is -1.11. The molecule has 0 bridgehead atoms. The van der Waals surface area contributed by atoms with E-state index in [0.29, 0.717) is 18.5 Å². The molecule has 1 aromatic carbocycles. The minimum absolute atomic E-state index is 0.109. The van der Waals surface area contributed by atoms with Gasteiger partial charge < -0.3 is 19.1 Å². The molecule has 1 heterocycles. The molecule has 3 rings (SSSR count). The third-order valence-electron chi connectivity index (χ3n) is 4.41. The molecule has 0 amide bonds. The maximum absolute atomic E-state index is 9.65. The SMILES string of the molecule is C[Si](C)(C)CCOCn1c(CO)nc2cc(Br)c(OCC3CC3)cc21. The first-order valence-corrected chi connectivity index (χ1v) is 13.4. The van der Waals surface area contributed by atoms with Crippen molar-refractivity contribution in [3.63, 3.8) is 0 Å². The number of nitrogens with zero attached hydrogens (tertiary/aromatic N) is 2. The van der Waals surface area contributed by atoms with Crippen molar-refractivity contribution in [3.8, 4) is 5.75 Å². The Balaban J connectivity index is 1.77. The van der Waals surface area contributed by atoms with Crippen LogP contribution in [0, 0.1) is 5.92 Å². The second-order valence-electron chi connectivity index (χ2n) is 7.99. The van der Waals surface area contributed by atoms with E-state index in [1.54, 1.807) is 0 Å². The van der Waals surface area contributed by atoms with Gasteiger partial charge in [-0.05, 0) is 46.8 Å². The van der Waals surface area contributed by atoms with Crippen LogP contribution >= 0.6 is 15.9 Å². The van der Waals surface area contributed by atoms with Gasteiger partial charge in [-0.15, -0.1) is 0 Å². The lowest BCUT2D eigenvalue weighted by Crippen LogP contribution is -2.22. The Labute approximate surface area is 158 Å². The summed E-state index contributed by atoms with van der Waals surface area (Å²) < 4.78 is 14.7. The molecule has 2 aromatic rings. The van der Waals surface area contributed by atoms with E-state index >= 15 is 0 Å². The number of hydrogen-bond donors (Lipinski definition) is 1. The maximum Gasteiger partial charge on any atom is 0.137 e. The molecule has 0 radical (unpaired) electrons. The fourth-order valence-corrected chi connectivity index (χ4v) is 3.78. The predicted molar refractivity (Wildman–Crippen MR) is 106 cm³/mol. The first-order chi connectivity index (χ1) is 11.9. The van der Waals surface area contributed by atoms with Crippen molar-refractivity contribution in [2.24, 2.45) is 5.92 Å². The lowest BCUT2D eigenvalue weighted by Gasteiger charge is -2.16. The third kappa shape index (κ3) is 5.06. The molecule has 25 heavy (non-hydrogen) atoms. The van der Waals surface area contributed by atoms with Crippen LogP contribution in [-0.4, -0.2) is 35.9 Å². The van der Waals surface area contributed by atoms with Crippen molar-refractivity contribution in [1.29, 1.82) is 0 Å². The van der Waals surface area contributed by atoms with E-state index in [1.165, 1.54) is 12.8 Å². The van der Waals surface area contributed by atoms with E-state index in [2.05, 4.69) is 40.6 Å². The third-order valence-corrected chi connectivity index (χ3v) is 6.73. The summed E-state index contributed by atoms with van der Waals surface area (Å²) in [5.41, 5.74) is 1.77. The highest BCUT2D eigenvalue weighted by Gasteiger charge is 2.23. The molecule has 1 aromatic heterocycles. The number of aliphatic hydroxyl groups excluding tert-OH is 1. The van der Waals surface area contributed by atoms with E-state index in [1.807, 2.05) is 16.7 Å². The predicted octanol–water partition coefficient (Wildman–Crippen LogP) is 4.39. The average molecular weight is 427 g/mol. The molecule has 0 unspecified atom stereocenters. The van der Waals surface area contributed by atoms with Crippen LogP contribution in [0.2, 0.25) is 25.7 Å². The number of fused-ring (bicyclic) bond motifs is 1. The quantitative estimate of drug-likeness (QED) is 0.476. The standard InChI is InChI=1S/C18H27BrN2O3Si/c1-25(2,3)7-6-23-12-21-16-9-17(24-11-13-4-5-13)14(19)8-15(16)20-18(21)10-22/h8-9,13,22H,4-7,10-12H2,1-3H3. The van der Waals surface area contributed by atoms with Gasteiger partial charge in [0.2, 0.25) is 0 Å². The number of imidazole rings is 1. The van der Waals surface area contributed by atoms with Crippen LogP contribution in [0.25, 0.3) is 11.0 Å². The molecule has 1 N–H and O–H groups in total. The zero-order valence-corrected chi connectivity index (χ0v) is 17.8. The van der Waals surface area contributed by atoms with Gasteiger partial charge in [-0.2, -0.15) is 0 Å². The molecule has 1 saturated carbocycles. The molecule has 7 heteroatoms. The molecule has 0 spiro atoms. The molecule has 1 aliphatic carbocycles. The molecule has 138 valence electrons. The number of ether oxygens (including phenoxy) is 2. The molecular weight excluding hydrogens is 400 g/mol. The Morgan fingerprint density at radius 3 is 2.72 bits per heavy atom. The Morgan fingerprint density at radius 1 is 1.32 bits per heavy atom. The summed E-state index contributed by atoms with van der Waals surface area (Å²) in [4.78, 5) is 4.52. The highest BCUT2D eigenvalue weighted by atomic mass is 79.9. The fourth-order valence-electron chi connectivity index (χ4n) is 2.58. The largest absolute Gasteiger partial charge is 0.492 e. The first-order valence-electron chi connectivity index (χ1n) is 8.87. The topological polar surface area (TPSA) is 56.5 Å². The van der Waals surface area contributed by atoms with Crippen LogP contribution in [0.1, 0.15) is 18.7 Å². The van der Waals surface area contributed by atoms with Crippen molar-refractivity contribution in [3.05, 3.63) is 22.4 Å². The molecule has 5 nitrogen and oxygen atoms in total. The van der Waals surface area contributed by atoms with E-state index in [-0.39, 0.29) is 6.61 Å². The van der Waals surface area contributed by atoms with Gasteiger partial charge in [0.15, 0.2) is 0 Å². The highest BCUT2D eigenvalue weighted by Crippen LogP contribution is 2.34. The zero-order valence-electron chi connectivity index (χ0n) is 15.2.